The maximum absolute atomic E-state index is 12.4. The SMILES string of the molecule is O=C(O)CCCCCNC(=O)COc1ccc(C(F)(F)F)cc1. The van der Waals surface area contributed by atoms with Gasteiger partial charge in [0, 0.05) is 13.0 Å². The summed E-state index contributed by atoms with van der Waals surface area (Å²) >= 11 is 0. The molecule has 0 bridgehead atoms. The van der Waals surface area contributed by atoms with Crippen LogP contribution in [-0.2, 0) is 15.8 Å². The van der Waals surface area contributed by atoms with Crippen LogP contribution in [0.4, 0.5) is 13.2 Å². The molecule has 1 amide bonds. The van der Waals surface area contributed by atoms with E-state index >= 15 is 0 Å². The standard InChI is InChI=1S/C15H18F3NO4/c16-15(17,18)11-5-7-12(8-6-11)23-10-13(20)19-9-3-1-2-4-14(21)22/h5-8H,1-4,9-10H2,(H,19,20)(H,21,22). The van der Waals surface area contributed by atoms with Crippen molar-refractivity contribution in [2.24, 2.45) is 0 Å². The zero-order chi connectivity index (χ0) is 17.3. The second kappa shape index (κ2) is 9.02. The van der Waals surface area contributed by atoms with Gasteiger partial charge in [0.2, 0.25) is 0 Å². The molecule has 2 N–H and O–H groups in total. The Balaban J connectivity index is 2.19. The minimum Gasteiger partial charge on any atom is -0.484 e. The Hall–Kier alpha value is -2.25. The van der Waals surface area contributed by atoms with Gasteiger partial charge in [-0.05, 0) is 37.1 Å². The number of hydrogen-bond donors (Lipinski definition) is 2. The van der Waals surface area contributed by atoms with Crippen LogP contribution < -0.4 is 10.1 Å². The summed E-state index contributed by atoms with van der Waals surface area (Å²) in [6, 6.07) is 4.08. The van der Waals surface area contributed by atoms with Crippen LogP contribution in [0.2, 0.25) is 0 Å². The topological polar surface area (TPSA) is 75.6 Å². The van der Waals surface area contributed by atoms with E-state index in [2.05, 4.69) is 5.32 Å². The molecule has 0 saturated carbocycles. The van der Waals surface area contributed by atoms with Gasteiger partial charge in [-0.2, -0.15) is 13.2 Å². The lowest BCUT2D eigenvalue weighted by molar-refractivity contribution is -0.138. The molecule has 8 heteroatoms. The zero-order valence-corrected chi connectivity index (χ0v) is 12.4. The number of unbranched alkanes of at least 4 members (excludes halogenated alkanes) is 2. The average molecular weight is 333 g/mol. The molecule has 1 aromatic rings. The van der Waals surface area contributed by atoms with Crippen molar-refractivity contribution in [1.29, 1.82) is 0 Å². The van der Waals surface area contributed by atoms with Crippen LogP contribution in [0.3, 0.4) is 0 Å². The van der Waals surface area contributed by atoms with E-state index in [9.17, 15) is 22.8 Å². The van der Waals surface area contributed by atoms with Crippen molar-refractivity contribution in [3.63, 3.8) is 0 Å². The van der Waals surface area contributed by atoms with Gasteiger partial charge in [0.1, 0.15) is 5.75 Å². The molecule has 0 aliphatic carbocycles. The molecule has 0 aromatic heterocycles. The van der Waals surface area contributed by atoms with Crippen molar-refractivity contribution in [3.8, 4) is 5.75 Å². The predicted molar refractivity (Wildman–Crippen MR) is 76.1 cm³/mol. The van der Waals surface area contributed by atoms with E-state index in [0.717, 1.165) is 24.3 Å². The number of nitrogens with one attached hydrogen (secondary N) is 1. The van der Waals surface area contributed by atoms with Gasteiger partial charge in [0.15, 0.2) is 6.61 Å². The zero-order valence-electron chi connectivity index (χ0n) is 12.4. The molecule has 1 aromatic carbocycles. The van der Waals surface area contributed by atoms with Crippen LogP contribution >= 0.6 is 0 Å². The second-order valence-corrected chi connectivity index (χ2v) is 4.87. The van der Waals surface area contributed by atoms with Gasteiger partial charge in [-0.1, -0.05) is 6.42 Å². The molecule has 128 valence electrons. The lowest BCUT2D eigenvalue weighted by Crippen LogP contribution is -2.29. The van der Waals surface area contributed by atoms with Crippen LogP contribution in [0.1, 0.15) is 31.2 Å². The van der Waals surface area contributed by atoms with Gasteiger partial charge >= 0.3 is 12.1 Å². The van der Waals surface area contributed by atoms with Crippen LogP contribution in [0.15, 0.2) is 24.3 Å². The van der Waals surface area contributed by atoms with Gasteiger partial charge in [0.05, 0.1) is 5.56 Å². The van der Waals surface area contributed by atoms with Gasteiger partial charge in [-0.25, -0.2) is 0 Å². The highest BCUT2D eigenvalue weighted by Crippen LogP contribution is 2.30. The molecule has 0 aliphatic heterocycles. The Labute approximate surface area is 131 Å². The number of carboxylic acids is 1. The van der Waals surface area contributed by atoms with Gasteiger partial charge in [-0.15, -0.1) is 0 Å². The minimum atomic E-state index is -4.41. The lowest BCUT2D eigenvalue weighted by atomic mass is 10.2. The number of halogens is 3. The van der Waals surface area contributed by atoms with Gasteiger partial charge < -0.3 is 15.2 Å². The first-order valence-corrected chi connectivity index (χ1v) is 7.07. The van der Waals surface area contributed by atoms with E-state index in [4.69, 9.17) is 9.84 Å². The molecule has 1 rings (SSSR count). The van der Waals surface area contributed by atoms with E-state index in [1.807, 2.05) is 0 Å². The molecule has 0 spiro atoms. The highest BCUT2D eigenvalue weighted by Gasteiger charge is 2.30. The summed E-state index contributed by atoms with van der Waals surface area (Å²) in [6.45, 7) is 0.106. The van der Waals surface area contributed by atoms with Crippen molar-refractivity contribution in [3.05, 3.63) is 29.8 Å². The maximum Gasteiger partial charge on any atom is 0.416 e. The highest BCUT2D eigenvalue weighted by atomic mass is 19.4. The molecular formula is C15H18F3NO4. The monoisotopic (exact) mass is 333 g/mol. The predicted octanol–water partition coefficient (Wildman–Crippen LogP) is 2.85. The second-order valence-electron chi connectivity index (χ2n) is 4.87. The fraction of sp³-hybridized carbons (Fsp3) is 0.467. The largest absolute Gasteiger partial charge is 0.484 e. The van der Waals surface area contributed by atoms with Crippen molar-refractivity contribution < 1.29 is 32.6 Å². The van der Waals surface area contributed by atoms with E-state index in [1.165, 1.54) is 0 Å². The molecule has 0 radical (unpaired) electrons. The molecule has 5 nitrogen and oxygen atoms in total. The maximum atomic E-state index is 12.4. The van der Waals surface area contributed by atoms with Crippen molar-refractivity contribution in [2.75, 3.05) is 13.2 Å². The third-order valence-corrected chi connectivity index (χ3v) is 2.94. The summed E-state index contributed by atoms with van der Waals surface area (Å²) < 4.78 is 42.2. The molecule has 0 aliphatic rings. The van der Waals surface area contributed by atoms with Crippen LogP contribution in [0.5, 0.6) is 5.75 Å². The number of carboxylic acid groups (broad SMARTS) is 1. The third kappa shape index (κ3) is 8.08. The quantitative estimate of drug-likeness (QED) is 0.682. The summed E-state index contributed by atoms with van der Waals surface area (Å²) in [5.41, 5.74) is -0.782. The van der Waals surface area contributed by atoms with Crippen LogP contribution in [0.25, 0.3) is 0 Å². The molecule has 0 saturated heterocycles. The summed E-state index contributed by atoms with van der Waals surface area (Å²) in [5.74, 6) is -1.06. The molecule has 0 unspecified atom stereocenters. The Kier molecular flexibility index (Phi) is 7.37. The molecule has 23 heavy (non-hydrogen) atoms. The van der Waals surface area contributed by atoms with Crippen molar-refractivity contribution >= 4 is 11.9 Å². The minimum absolute atomic E-state index is 0.102. The fourth-order valence-corrected chi connectivity index (χ4v) is 1.75. The van der Waals surface area contributed by atoms with E-state index in [-0.39, 0.29) is 24.7 Å². The Morgan fingerprint density at radius 1 is 1.09 bits per heavy atom. The third-order valence-electron chi connectivity index (χ3n) is 2.94. The van der Waals surface area contributed by atoms with Crippen LogP contribution in [-0.4, -0.2) is 30.1 Å². The number of ether oxygens (including phenoxy) is 1. The first-order valence-electron chi connectivity index (χ1n) is 7.07. The lowest BCUT2D eigenvalue weighted by Gasteiger charge is -2.09. The molecular weight excluding hydrogens is 315 g/mol. The Bertz CT molecular complexity index is 514. The number of rotatable bonds is 9. The number of hydrogen-bond acceptors (Lipinski definition) is 3. The fourth-order valence-electron chi connectivity index (χ4n) is 1.75. The smallest absolute Gasteiger partial charge is 0.416 e. The van der Waals surface area contributed by atoms with Crippen molar-refractivity contribution in [2.45, 2.75) is 31.9 Å². The highest BCUT2D eigenvalue weighted by molar-refractivity contribution is 5.77. The average Bonchev–Trinajstić information content (AvgIpc) is 2.48. The molecule has 0 atom stereocenters. The number of aliphatic carboxylic acids is 1. The summed E-state index contributed by atoms with van der Waals surface area (Å²) in [6.07, 6.45) is -2.42. The number of carbonyl (C=O) groups is 2. The normalized spacial score (nSPS) is 11.1. The molecule has 0 heterocycles. The van der Waals surface area contributed by atoms with E-state index < -0.39 is 17.7 Å². The number of carbonyl (C=O) groups excluding carboxylic acids is 1. The summed E-state index contributed by atoms with van der Waals surface area (Å²) in [4.78, 5) is 21.8. The number of amides is 1. The van der Waals surface area contributed by atoms with Crippen LogP contribution in [0, 0.1) is 0 Å². The Morgan fingerprint density at radius 3 is 2.30 bits per heavy atom. The summed E-state index contributed by atoms with van der Waals surface area (Å²) in [7, 11) is 0. The van der Waals surface area contributed by atoms with E-state index in [1.54, 1.807) is 0 Å². The number of benzene rings is 1. The van der Waals surface area contributed by atoms with Gasteiger partial charge in [0.25, 0.3) is 5.91 Å². The number of alkyl halides is 3. The first-order chi connectivity index (χ1) is 10.8. The molecule has 0 fully saturated rings. The Morgan fingerprint density at radius 2 is 1.74 bits per heavy atom. The first kappa shape index (κ1) is 18.8. The van der Waals surface area contributed by atoms with E-state index in [0.29, 0.717) is 25.8 Å². The summed E-state index contributed by atoms with van der Waals surface area (Å²) in [5, 5.41) is 11.0. The van der Waals surface area contributed by atoms with Gasteiger partial charge in [-0.3, -0.25) is 9.59 Å². The van der Waals surface area contributed by atoms with Crippen molar-refractivity contribution in [1.82, 2.24) is 5.32 Å².